The van der Waals surface area contributed by atoms with Crippen molar-refractivity contribution in [3.63, 3.8) is 0 Å². The van der Waals surface area contributed by atoms with E-state index in [0.717, 1.165) is 22.4 Å². The summed E-state index contributed by atoms with van der Waals surface area (Å²) in [5.41, 5.74) is 9.27. The summed E-state index contributed by atoms with van der Waals surface area (Å²) in [4.78, 5) is 21.2. The molecule has 7 nitrogen and oxygen atoms in total. The number of nitrogens with zero attached hydrogens (tertiary/aromatic N) is 4. The molecular formula is C22H22FN5O2. The normalized spacial score (nSPS) is 12.4. The fraction of sp³-hybridized carbons (Fsp3) is 0.227. The highest BCUT2D eigenvalue weighted by atomic mass is 19.1. The molecule has 3 aromatic heterocycles. The molecule has 154 valence electrons. The highest BCUT2D eigenvalue weighted by Crippen LogP contribution is 2.31. The van der Waals surface area contributed by atoms with Crippen molar-refractivity contribution < 1.29 is 13.9 Å². The number of methoxy groups -OCH3 is 1. The lowest BCUT2D eigenvalue weighted by Gasteiger charge is -2.09. The van der Waals surface area contributed by atoms with Crippen molar-refractivity contribution in [3.05, 3.63) is 60.1 Å². The molecule has 0 aliphatic heterocycles. The molecule has 0 saturated carbocycles. The number of benzene rings is 1. The quantitative estimate of drug-likeness (QED) is 0.402. The van der Waals surface area contributed by atoms with Gasteiger partial charge in [0.15, 0.2) is 5.82 Å². The predicted molar refractivity (Wildman–Crippen MR) is 114 cm³/mol. The lowest BCUT2D eigenvalue weighted by Crippen LogP contribution is -2.08. The van der Waals surface area contributed by atoms with Crippen LogP contribution in [0.4, 0.5) is 4.39 Å². The van der Waals surface area contributed by atoms with Gasteiger partial charge in [-0.25, -0.2) is 19.2 Å². The number of imidazole rings is 1. The number of fused-ring (bicyclic) bond motifs is 2. The van der Waals surface area contributed by atoms with E-state index in [-0.39, 0.29) is 11.6 Å². The van der Waals surface area contributed by atoms with Gasteiger partial charge in [-0.1, -0.05) is 6.08 Å². The van der Waals surface area contributed by atoms with Crippen LogP contribution in [0, 0.1) is 5.82 Å². The molecule has 0 aliphatic rings. The van der Waals surface area contributed by atoms with Crippen molar-refractivity contribution in [2.45, 2.75) is 19.5 Å². The molecule has 1 aromatic carbocycles. The number of aromatic nitrogens is 4. The van der Waals surface area contributed by atoms with Gasteiger partial charge in [-0.15, -0.1) is 6.58 Å². The first-order valence-corrected chi connectivity index (χ1v) is 9.47. The molecule has 0 spiro atoms. The minimum absolute atomic E-state index is 0.149. The summed E-state index contributed by atoms with van der Waals surface area (Å²) in [6.07, 6.45) is 1.78. The van der Waals surface area contributed by atoms with Gasteiger partial charge in [0.1, 0.15) is 11.5 Å². The molecule has 4 rings (SSSR count). The summed E-state index contributed by atoms with van der Waals surface area (Å²) >= 11 is 0. The van der Waals surface area contributed by atoms with Crippen LogP contribution in [0.5, 0.6) is 0 Å². The van der Waals surface area contributed by atoms with Gasteiger partial charge in [0, 0.05) is 31.1 Å². The molecular weight excluding hydrogens is 385 g/mol. The lowest BCUT2D eigenvalue weighted by molar-refractivity contribution is 0.0595. The Balaban J connectivity index is 1.97. The Bertz CT molecular complexity index is 1300. The highest BCUT2D eigenvalue weighted by molar-refractivity contribution is 5.95. The summed E-state index contributed by atoms with van der Waals surface area (Å²) < 4.78 is 22.9. The summed E-state index contributed by atoms with van der Waals surface area (Å²) in [6, 6.07) is 8.37. The Hall–Kier alpha value is -3.52. The SMILES string of the molecule is C=CCn1c(-c2nc3cc(C(=O)OC)c(F)cc3n2C)cc2ccc([C@@H](C)N)nc21. The van der Waals surface area contributed by atoms with Crippen molar-refractivity contribution >= 4 is 28.0 Å². The number of hydrogen-bond donors (Lipinski definition) is 1. The lowest BCUT2D eigenvalue weighted by atomic mass is 10.2. The second-order valence-electron chi connectivity index (χ2n) is 7.17. The number of pyridine rings is 1. The molecule has 30 heavy (non-hydrogen) atoms. The van der Waals surface area contributed by atoms with E-state index in [1.165, 1.54) is 19.2 Å². The van der Waals surface area contributed by atoms with Crippen LogP contribution in [0.25, 0.3) is 33.6 Å². The summed E-state index contributed by atoms with van der Waals surface area (Å²) in [7, 11) is 3.02. The van der Waals surface area contributed by atoms with Crippen LogP contribution in [0.1, 0.15) is 29.0 Å². The van der Waals surface area contributed by atoms with Crippen molar-refractivity contribution in [3.8, 4) is 11.5 Å². The van der Waals surface area contributed by atoms with E-state index in [4.69, 9.17) is 10.7 Å². The number of ether oxygens (including phenoxy) is 1. The molecule has 1 atom stereocenters. The van der Waals surface area contributed by atoms with Crippen molar-refractivity contribution in [2.75, 3.05) is 7.11 Å². The van der Waals surface area contributed by atoms with E-state index in [1.54, 1.807) is 17.7 Å². The first-order chi connectivity index (χ1) is 14.3. The van der Waals surface area contributed by atoms with Gasteiger partial charge in [0.25, 0.3) is 0 Å². The second kappa shape index (κ2) is 7.38. The zero-order valence-corrected chi connectivity index (χ0v) is 17.0. The van der Waals surface area contributed by atoms with Crippen molar-refractivity contribution in [2.24, 2.45) is 12.8 Å². The van der Waals surface area contributed by atoms with Gasteiger partial charge in [-0.3, -0.25) is 0 Å². The average molecular weight is 407 g/mol. The topological polar surface area (TPSA) is 88.0 Å². The van der Waals surface area contributed by atoms with Gasteiger partial charge >= 0.3 is 5.97 Å². The maximum absolute atomic E-state index is 14.5. The fourth-order valence-corrected chi connectivity index (χ4v) is 3.60. The molecule has 2 N–H and O–H groups in total. The first-order valence-electron chi connectivity index (χ1n) is 9.47. The summed E-state index contributed by atoms with van der Waals surface area (Å²) in [5.74, 6) is -0.776. The number of nitrogens with two attached hydrogens (primary N) is 1. The van der Waals surface area contributed by atoms with Gasteiger partial charge in [0.2, 0.25) is 0 Å². The van der Waals surface area contributed by atoms with Crippen molar-refractivity contribution in [1.82, 2.24) is 19.1 Å². The van der Waals surface area contributed by atoms with E-state index < -0.39 is 11.8 Å². The zero-order chi connectivity index (χ0) is 21.6. The molecule has 0 radical (unpaired) electrons. The Morgan fingerprint density at radius 3 is 2.77 bits per heavy atom. The van der Waals surface area contributed by atoms with Gasteiger partial charge < -0.3 is 19.6 Å². The number of rotatable bonds is 5. The van der Waals surface area contributed by atoms with Gasteiger partial charge in [-0.2, -0.15) is 0 Å². The largest absolute Gasteiger partial charge is 0.465 e. The Morgan fingerprint density at radius 1 is 1.33 bits per heavy atom. The number of esters is 1. The van der Waals surface area contributed by atoms with Crippen LogP contribution in [-0.4, -0.2) is 32.2 Å². The third-order valence-electron chi connectivity index (χ3n) is 5.15. The Morgan fingerprint density at radius 2 is 2.10 bits per heavy atom. The van der Waals surface area contributed by atoms with Crippen LogP contribution < -0.4 is 5.73 Å². The minimum Gasteiger partial charge on any atom is -0.465 e. The number of allylic oxidation sites excluding steroid dienone is 1. The molecule has 0 saturated heterocycles. The highest BCUT2D eigenvalue weighted by Gasteiger charge is 2.21. The summed E-state index contributed by atoms with van der Waals surface area (Å²) in [5, 5.41) is 0.935. The molecule has 0 aliphatic carbocycles. The third kappa shape index (κ3) is 3.05. The molecule has 4 aromatic rings. The number of aryl methyl sites for hydroxylation is 1. The maximum Gasteiger partial charge on any atom is 0.340 e. The summed E-state index contributed by atoms with van der Waals surface area (Å²) in [6.45, 7) is 6.25. The number of carbonyl (C=O) groups excluding carboxylic acids is 1. The molecule has 0 bridgehead atoms. The molecule has 3 heterocycles. The molecule has 0 amide bonds. The second-order valence-corrected chi connectivity index (χ2v) is 7.17. The Kier molecular flexibility index (Phi) is 4.87. The first kappa shape index (κ1) is 19.8. The zero-order valence-electron chi connectivity index (χ0n) is 17.0. The number of hydrogen-bond acceptors (Lipinski definition) is 5. The Labute approximate surface area is 172 Å². The van der Waals surface area contributed by atoms with E-state index in [2.05, 4.69) is 16.3 Å². The van der Waals surface area contributed by atoms with E-state index >= 15 is 0 Å². The molecule has 8 heteroatoms. The van der Waals surface area contributed by atoms with E-state index in [9.17, 15) is 9.18 Å². The molecule has 0 fully saturated rings. The predicted octanol–water partition coefficient (Wildman–Crippen LogP) is 3.72. The number of carbonyl (C=O) groups is 1. The average Bonchev–Trinajstić information content (AvgIpc) is 3.24. The standard InChI is InChI=1S/C22H22FN5O2/c1-5-8-28-19(9-13-6-7-16(12(2)24)25-20(13)28)21-26-17-10-14(22(29)30-4)15(23)11-18(17)27(21)3/h5-7,9-12H,1,8,24H2,2-4H3/t12-/m1/s1. The van der Waals surface area contributed by atoms with Crippen LogP contribution in [0.3, 0.4) is 0 Å². The third-order valence-corrected chi connectivity index (χ3v) is 5.15. The smallest absolute Gasteiger partial charge is 0.340 e. The molecule has 0 unspecified atom stereocenters. The number of halogens is 1. The van der Waals surface area contributed by atoms with Gasteiger partial charge in [-0.05, 0) is 31.2 Å². The maximum atomic E-state index is 14.5. The van der Waals surface area contributed by atoms with Crippen LogP contribution in [-0.2, 0) is 18.3 Å². The van der Waals surface area contributed by atoms with Gasteiger partial charge in [0.05, 0.1) is 35.1 Å². The fourth-order valence-electron chi connectivity index (χ4n) is 3.60. The van der Waals surface area contributed by atoms with Crippen LogP contribution in [0.2, 0.25) is 0 Å². The van der Waals surface area contributed by atoms with Crippen LogP contribution in [0.15, 0.2) is 43.0 Å². The monoisotopic (exact) mass is 407 g/mol. The van der Waals surface area contributed by atoms with Crippen molar-refractivity contribution in [1.29, 1.82) is 0 Å². The minimum atomic E-state index is -0.741. The van der Waals surface area contributed by atoms with E-state index in [1.807, 2.05) is 29.7 Å². The van der Waals surface area contributed by atoms with E-state index in [0.29, 0.717) is 23.4 Å². The van der Waals surface area contributed by atoms with Crippen LogP contribution >= 0.6 is 0 Å².